The van der Waals surface area contributed by atoms with Crippen LogP contribution in [0.25, 0.3) is 11.4 Å². The first kappa shape index (κ1) is 13.7. The molecule has 1 heterocycles. The third-order valence-corrected chi connectivity index (χ3v) is 2.74. The van der Waals surface area contributed by atoms with E-state index in [1.165, 1.54) is 12.1 Å². The number of rotatable bonds is 5. The zero-order valence-electron chi connectivity index (χ0n) is 11.4. The molecule has 19 heavy (non-hydrogen) atoms. The molecule has 0 radical (unpaired) electrons. The molecule has 0 spiro atoms. The Balaban J connectivity index is 2.10. The number of nitrogens with one attached hydrogen (secondary N) is 1. The summed E-state index contributed by atoms with van der Waals surface area (Å²) in [6.07, 6.45) is 0. The topological polar surface area (TPSA) is 51.0 Å². The van der Waals surface area contributed by atoms with Gasteiger partial charge in [0.05, 0.1) is 6.54 Å². The van der Waals surface area contributed by atoms with Crippen molar-refractivity contribution >= 4 is 0 Å². The van der Waals surface area contributed by atoms with Crippen molar-refractivity contribution in [3.63, 3.8) is 0 Å². The van der Waals surface area contributed by atoms with Gasteiger partial charge in [-0.3, -0.25) is 0 Å². The molecule has 0 amide bonds. The Hall–Kier alpha value is -1.75. The van der Waals surface area contributed by atoms with E-state index >= 15 is 0 Å². The van der Waals surface area contributed by atoms with E-state index in [2.05, 4.69) is 29.3 Å². The second-order valence-electron chi connectivity index (χ2n) is 5.00. The predicted octanol–water partition coefficient (Wildman–Crippen LogP) is 2.93. The van der Waals surface area contributed by atoms with Crippen LogP contribution in [-0.4, -0.2) is 16.7 Å². The van der Waals surface area contributed by atoms with Crippen molar-refractivity contribution in [3.05, 3.63) is 35.5 Å². The second kappa shape index (κ2) is 5.93. The monoisotopic (exact) mass is 263 g/mol. The van der Waals surface area contributed by atoms with Crippen molar-refractivity contribution in [3.8, 4) is 11.4 Å². The number of aryl methyl sites for hydroxylation is 1. The molecule has 5 heteroatoms. The standard InChI is InChI=1S/C14H18FN3O/c1-9(2)7-16-8-13-17-14(18-19-13)12-6-11(15)5-4-10(12)3/h4-6,9,16H,7-8H2,1-3H3. The van der Waals surface area contributed by atoms with Gasteiger partial charge in [-0.15, -0.1) is 0 Å². The smallest absolute Gasteiger partial charge is 0.240 e. The van der Waals surface area contributed by atoms with E-state index < -0.39 is 0 Å². The summed E-state index contributed by atoms with van der Waals surface area (Å²) in [4.78, 5) is 4.27. The molecular weight excluding hydrogens is 245 g/mol. The summed E-state index contributed by atoms with van der Waals surface area (Å²) >= 11 is 0. The van der Waals surface area contributed by atoms with Crippen LogP contribution in [0, 0.1) is 18.7 Å². The van der Waals surface area contributed by atoms with Crippen molar-refractivity contribution < 1.29 is 8.91 Å². The van der Waals surface area contributed by atoms with Crippen molar-refractivity contribution in [2.24, 2.45) is 5.92 Å². The predicted molar refractivity (Wildman–Crippen MR) is 71.0 cm³/mol. The molecule has 0 aliphatic rings. The van der Waals surface area contributed by atoms with E-state index in [1.807, 2.05) is 6.92 Å². The molecule has 1 aromatic carbocycles. The first-order valence-electron chi connectivity index (χ1n) is 6.36. The van der Waals surface area contributed by atoms with Crippen molar-refractivity contribution in [1.82, 2.24) is 15.5 Å². The fourth-order valence-corrected chi connectivity index (χ4v) is 1.74. The third-order valence-electron chi connectivity index (χ3n) is 2.74. The Morgan fingerprint density at radius 1 is 1.37 bits per heavy atom. The van der Waals surface area contributed by atoms with Crippen LogP contribution < -0.4 is 5.32 Å². The van der Waals surface area contributed by atoms with Gasteiger partial charge in [0.1, 0.15) is 5.82 Å². The third kappa shape index (κ3) is 3.61. The van der Waals surface area contributed by atoms with E-state index in [9.17, 15) is 4.39 Å². The van der Waals surface area contributed by atoms with E-state index in [0.29, 0.717) is 29.7 Å². The summed E-state index contributed by atoms with van der Waals surface area (Å²) in [5.74, 6) is 1.20. The number of hydrogen-bond donors (Lipinski definition) is 1. The van der Waals surface area contributed by atoms with Gasteiger partial charge in [0.15, 0.2) is 0 Å². The number of halogens is 1. The lowest BCUT2D eigenvalue weighted by atomic mass is 10.1. The van der Waals surface area contributed by atoms with E-state index in [-0.39, 0.29) is 5.82 Å². The van der Waals surface area contributed by atoms with Gasteiger partial charge in [-0.05, 0) is 37.1 Å². The average Bonchev–Trinajstić information content (AvgIpc) is 2.80. The average molecular weight is 263 g/mol. The molecule has 4 nitrogen and oxygen atoms in total. The lowest BCUT2D eigenvalue weighted by Crippen LogP contribution is -2.19. The number of aromatic nitrogens is 2. The normalized spacial score (nSPS) is 11.2. The molecule has 0 fully saturated rings. The highest BCUT2D eigenvalue weighted by atomic mass is 19.1. The first-order chi connectivity index (χ1) is 9.06. The lowest BCUT2D eigenvalue weighted by molar-refractivity contribution is 0.364. The summed E-state index contributed by atoms with van der Waals surface area (Å²) in [5, 5.41) is 7.11. The molecule has 2 rings (SSSR count). The van der Waals surface area contributed by atoms with Gasteiger partial charge in [-0.1, -0.05) is 25.1 Å². The number of nitrogens with zero attached hydrogens (tertiary/aromatic N) is 2. The van der Waals surface area contributed by atoms with Crippen molar-refractivity contribution in [2.75, 3.05) is 6.54 Å². The van der Waals surface area contributed by atoms with Gasteiger partial charge < -0.3 is 9.84 Å². The Bertz CT molecular complexity index is 551. The van der Waals surface area contributed by atoms with E-state index in [1.54, 1.807) is 6.07 Å². The van der Waals surface area contributed by atoms with Crippen LogP contribution in [0.5, 0.6) is 0 Å². The highest BCUT2D eigenvalue weighted by Gasteiger charge is 2.11. The van der Waals surface area contributed by atoms with Crippen molar-refractivity contribution in [2.45, 2.75) is 27.3 Å². The highest BCUT2D eigenvalue weighted by molar-refractivity contribution is 5.59. The van der Waals surface area contributed by atoms with E-state index in [4.69, 9.17) is 4.52 Å². The summed E-state index contributed by atoms with van der Waals surface area (Å²) in [6.45, 7) is 7.56. The SMILES string of the molecule is Cc1ccc(F)cc1-c1noc(CNCC(C)C)n1. The zero-order chi connectivity index (χ0) is 13.8. The Labute approximate surface area is 112 Å². The minimum atomic E-state index is -0.301. The van der Waals surface area contributed by atoms with E-state index in [0.717, 1.165) is 12.1 Å². The summed E-state index contributed by atoms with van der Waals surface area (Å²) in [6, 6.07) is 4.55. The fourth-order valence-electron chi connectivity index (χ4n) is 1.74. The largest absolute Gasteiger partial charge is 0.338 e. The van der Waals surface area contributed by atoms with Crippen molar-refractivity contribution in [1.29, 1.82) is 0 Å². The molecule has 1 aromatic heterocycles. The summed E-state index contributed by atoms with van der Waals surface area (Å²) < 4.78 is 18.4. The van der Waals surface area contributed by atoms with Crippen LogP contribution in [0.1, 0.15) is 25.3 Å². The van der Waals surface area contributed by atoms with Gasteiger partial charge in [0.2, 0.25) is 11.7 Å². The number of benzene rings is 1. The van der Waals surface area contributed by atoms with Gasteiger partial charge >= 0.3 is 0 Å². The van der Waals surface area contributed by atoms with Crippen LogP contribution in [0.2, 0.25) is 0 Å². The molecule has 0 aliphatic heterocycles. The minimum absolute atomic E-state index is 0.301. The maximum Gasteiger partial charge on any atom is 0.240 e. The van der Waals surface area contributed by atoms with Gasteiger partial charge in [0, 0.05) is 5.56 Å². The molecule has 1 N–H and O–H groups in total. The fraction of sp³-hybridized carbons (Fsp3) is 0.429. The van der Waals surface area contributed by atoms with Crippen LogP contribution in [-0.2, 0) is 6.54 Å². The Kier molecular flexibility index (Phi) is 4.27. The quantitative estimate of drug-likeness (QED) is 0.901. The molecule has 102 valence electrons. The molecule has 0 atom stereocenters. The molecule has 0 saturated heterocycles. The lowest BCUT2D eigenvalue weighted by Gasteiger charge is -2.03. The van der Waals surface area contributed by atoms with Crippen LogP contribution >= 0.6 is 0 Å². The second-order valence-corrected chi connectivity index (χ2v) is 5.00. The minimum Gasteiger partial charge on any atom is -0.338 e. The molecule has 0 unspecified atom stereocenters. The molecule has 0 bridgehead atoms. The van der Waals surface area contributed by atoms with Crippen LogP contribution in [0.4, 0.5) is 4.39 Å². The molecule has 0 saturated carbocycles. The molecule has 2 aromatic rings. The van der Waals surface area contributed by atoms with Gasteiger partial charge in [-0.25, -0.2) is 4.39 Å². The Morgan fingerprint density at radius 2 is 2.16 bits per heavy atom. The molecule has 0 aliphatic carbocycles. The van der Waals surface area contributed by atoms with Gasteiger partial charge in [-0.2, -0.15) is 4.98 Å². The summed E-state index contributed by atoms with van der Waals surface area (Å²) in [7, 11) is 0. The van der Waals surface area contributed by atoms with Gasteiger partial charge in [0.25, 0.3) is 0 Å². The van der Waals surface area contributed by atoms with Crippen LogP contribution in [0.3, 0.4) is 0 Å². The Morgan fingerprint density at radius 3 is 2.89 bits per heavy atom. The molecular formula is C14H18FN3O. The van der Waals surface area contributed by atoms with Crippen LogP contribution in [0.15, 0.2) is 22.7 Å². The maximum absolute atomic E-state index is 13.2. The maximum atomic E-state index is 13.2. The zero-order valence-corrected chi connectivity index (χ0v) is 11.4. The first-order valence-corrected chi connectivity index (χ1v) is 6.36. The number of hydrogen-bond acceptors (Lipinski definition) is 4. The highest BCUT2D eigenvalue weighted by Crippen LogP contribution is 2.21. The summed E-state index contributed by atoms with van der Waals surface area (Å²) in [5.41, 5.74) is 1.59.